The molecule has 3 heterocycles. The second-order valence-corrected chi connectivity index (χ2v) is 7.76. The summed E-state index contributed by atoms with van der Waals surface area (Å²) in [6.07, 6.45) is 1.60. The molecule has 136 valence electrons. The van der Waals surface area contributed by atoms with Crippen LogP contribution in [0.25, 0.3) is 22.5 Å². The van der Waals surface area contributed by atoms with Crippen LogP contribution in [0.4, 0.5) is 0 Å². The maximum atomic E-state index is 12.5. The van der Waals surface area contributed by atoms with Gasteiger partial charge in [0, 0.05) is 19.0 Å². The molecule has 0 unspecified atom stereocenters. The Morgan fingerprint density at radius 1 is 1.19 bits per heavy atom. The Bertz CT molecular complexity index is 1050. The fraction of sp³-hybridized carbons (Fsp3) is 0.150. The number of furan rings is 1. The van der Waals surface area contributed by atoms with Gasteiger partial charge in [0.05, 0.1) is 17.5 Å². The lowest BCUT2D eigenvalue weighted by Gasteiger charge is -2.16. The number of hydrogen-bond acceptors (Lipinski definition) is 6. The van der Waals surface area contributed by atoms with E-state index in [1.165, 1.54) is 11.8 Å². The molecule has 0 aliphatic carbocycles. The van der Waals surface area contributed by atoms with Crippen LogP contribution in [0.3, 0.4) is 0 Å². The Hall–Kier alpha value is -2.64. The molecule has 1 amide bonds. The minimum absolute atomic E-state index is 0.0634. The van der Waals surface area contributed by atoms with Crippen molar-refractivity contribution >= 4 is 39.9 Å². The standard InChI is InChI=1S/C20H17N3O2S2/c1-23(11-14-8-10-26-12-14)18(24)13-27-20-15-5-2-3-6-16(15)21-19(22-20)17-7-4-9-25-17/h2-10,12H,11,13H2,1H3. The largest absolute Gasteiger partial charge is 0.461 e. The van der Waals surface area contributed by atoms with Gasteiger partial charge in [-0.15, -0.1) is 0 Å². The highest BCUT2D eigenvalue weighted by molar-refractivity contribution is 8.00. The first-order valence-electron chi connectivity index (χ1n) is 8.39. The Balaban J connectivity index is 1.55. The molecule has 1 aromatic carbocycles. The lowest BCUT2D eigenvalue weighted by molar-refractivity contribution is -0.127. The van der Waals surface area contributed by atoms with Crippen LogP contribution in [-0.4, -0.2) is 33.6 Å². The lowest BCUT2D eigenvalue weighted by atomic mass is 10.2. The molecule has 0 saturated carbocycles. The van der Waals surface area contributed by atoms with E-state index in [0.717, 1.165) is 21.5 Å². The fourth-order valence-corrected chi connectivity index (χ4v) is 4.28. The van der Waals surface area contributed by atoms with Gasteiger partial charge in [-0.3, -0.25) is 4.79 Å². The van der Waals surface area contributed by atoms with Crippen molar-refractivity contribution in [2.24, 2.45) is 0 Å². The van der Waals surface area contributed by atoms with Gasteiger partial charge in [-0.05, 0) is 40.6 Å². The first-order valence-corrected chi connectivity index (χ1v) is 10.3. The van der Waals surface area contributed by atoms with Crippen molar-refractivity contribution in [1.82, 2.24) is 14.9 Å². The van der Waals surface area contributed by atoms with E-state index >= 15 is 0 Å². The molecule has 0 fully saturated rings. The minimum Gasteiger partial charge on any atom is -0.461 e. The summed E-state index contributed by atoms with van der Waals surface area (Å²) in [5.41, 5.74) is 1.98. The number of hydrogen-bond donors (Lipinski definition) is 0. The Kier molecular flexibility index (Phi) is 5.22. The second kappa shape index (κ2) is 7.94. The summed E-state index contributed by atoms with van der Waals surface area (Å²) >= 11 is 3.07. The number of carbonyl (C=O) groups is 1. The van der Waals surface area contributed by atoms with E-state index in [4.69, 9.17) is 4.42 Å². The van der Waals surface area contributed by atoms with Gasteiger partial charge >= 0.3 is 0 Å². The summed E-state index contributed by atoms with van der Waals surface area (Å²) in [6.45, 7) is 0.616. The summed E-state index contributed by atoms with van der Waals surface area (Å²) in [4.78, 5) is 23.5. The predicted octanol–water partition coefficient (Wildman–Crippen LogP) is 4.70. The molecule has 4 aromatic rings. The van der Waals surface area contributed by atoms with E-state index in [0.29, 0.717) is 23.9 Å². The Morgan fingerprint density at radius 2 is 2.07 bits per heavy atom. The normalized spacial score (nSPS) is 11.0. The van der Waals surface area contributed by atoms with Gasteiger partial charge in [-0.1, -0.05) is 30.0 Å². The molecule has 0 N–H and O–H groups in total. The highest BCUT2D eigenvalue weighted by Gasteiger charge is 2.15. The van der Waals surface area contributed by atoms with E-state index in [2.05, 4.69) is 15.3 Å². The Labute approximate surface area is 165 Å². The second-order valence-electron chi connectivity index (χ2n) is 6.02. The molecular formula is C20H17N3O2S2. The van der Waals surface area contributed by atoms with Crippen LogP contribution in [0.1, 0.15) is 5.56 Å². The highest BCUT2D eigenvalue weighted by Crippen LogP contribution is 2.28. The molecule has 0 bridgehead atoms. The maximum Gasteiger partial charge on any atom is 0.233 e. The van der Waals surface area contributed by atoms with Crippen molar-refractivity contribution in [3.05, 3.63) is 65.1 Å². The minimum atomic E-state index is 0.0634. The monoisotopic (exact) mass is 395 g/mol. The third kappa shape index (κ3) is 4.04. The van der Waals surface area contributed by atoms with Crippen LogP contribution in [0, 0.1) is 0 Å². The number of amides is 1. The number of benzene rings is 1. The van der Waals surface area contributed by atoms with Gasteiger partial charge in [0.15, 0.2) is 11.6 Å². The molecule has 0 radical (unpaired) electrons. The molecular weight excluding hydrogens is 378 g/mol. The van der Waals surface area contributed by atoms with Gasteiger partial charge in [-0.25, -0.2) is 9.97 Å². The molecule has 27 heavy (non-hydrogen) atoms. The predicted molar refractivity (Wildman–Crippen MR) is 109 cm³/mol. The zero-order chi connectivity index (χ0) is 18.6. The summed E-state index contributed by atoms with van der Waals surface area (Å²) in [6, 6.07) is 13.5. The van der Waals surface area contributed by atoms with Crippen molar-refractivity contribution in [1.29, 1.82) is 0 Å². The van der Waals surface area contributed by atoms with E-state index in [-0.39, 0.29) is 5.91 Å². The van der Waals surface area contributed by atoms with E-state index in [1.807, 2.05) is 54.9 Å². The molecule has 7 heteroatoms. The van der Waals surface area contributed by atoms with Gasteiger partial charge in [0.1, 0.15) is 5.03 Å². The van der Waals surface area contributed by atoms with Crippen molar-refractivity contribution in [2.45, 2.75) is 11.6 Å². The molecule has 3 aromatic heterocycles. The van der Waals surface area contributed by atoms with Crippen molar-refractivity contribution in [3.63, 3.8) is 0 Å². The average molecular weight is 396 g/mol. The number of carbonyl (C=O) groups excluding carboxylic acids is 1. The lowest BCUT2D eigenvalue weighted by Crippen LogP contribution is -2.27. The molecule has 0 saturated heterocycles. The summed E-state index contributed by atoms with van der Waals surface area (Å²) in [5, 5.41) is 5.80. The topological polar surface area (TPSA) is 59.2 Å². The number of thioether (sulfide) groups is 1. The van der Waals surface area contributed by atoms with Crippen molar-refractivity contribution in [2.75, 3.05) is 12.8 Å². The average Bonchev–Trinajstić information content (AvgIpc) is 3.39. The van der Waals surface area contributed by atoms with Crippen LogP contribution in [0.5, 0.6) is 0 Å². The van der Waals surface area contributed by atoms with Crippen LogP contribution in [0.15, 0.2) is 68.9 Å². The van der Waals surface area contributed by atoms with Crippen LogP contribution in [-0.2, 0) is 11.3 Å². The molecule has 4 rings (SSSR count). The molecule has 0 aliphatic heterocycles. The van der Waals surface area contributed by atoms with Gasteiger partial charge in [0.2, 0.25) is 5.91 Å². The van der Waals surface area contributed by atoms with E-state index < -0.39 is 0 Å². The number of thiophene rings is 1. The number of aromatic nitrogens is 2. The maximum absolute atomic E-state index is 12.5. The van der Waals surface area contributed by atoms with Gasteiger partial charge in [0.25, 0.3) is 0 Å². The number of nitrogens with zero attached hydrogens (tertiary/aromatic N) is 3. The zero-order valence-electron chi connectivity index (χ0n) is 14.7. The highest BCUT2D eigenvalue weighted by atomic mass is 32.2. The number of rotatable bonds is 6. The van der Waals surface area contributed by atoms with Gasteiger partial charge < -0.3 is 9.32 Å². The van der Waals surface area contributed by atoms with Gasteiger partial charge in [-0.2, -0.15) is 11.3 Å². The molecule has 0 aliphatic rings. The summed E-state index contributed by atoms with van der Waals surface area (Å²) in [7, 11) is 1.83. The zero-order valence-corrected chi connectivity index (χ0v) is 16.3. The third-order valence-corrected chi connectivity index (χ3v) is 5.78. The summed E-state index contributed by atoms with van der Waals surface area (Å²) < 4.78 is 5.44. The SMILES string of the molecule is CN(Cc1ccsc1)C(=O)CSc1nc(-c2ccco2)nc2ccccc12. The quantitative estimate of drug-likeness (QED) is 0.350. The smallest absolute Gasteiger partial charge is 0.233 e. The van der Waals surface area contributed by atoms with E-state index in [1.54, 1.807) is 22.5 Å². The number of para-hydroxylation sites is 1. The summed E-state index contributed by atoms with van der Waals surface area (Å²) in [5.74, 6) is 1.52. The molecule has 0 atom stereocenters. The first kappa shape index (κ1) is 17.8. The molecule has 5 nitrogen and oxygen atoms in total. The van der Waals surface area contributed by atoms with Crippen molar-refractivity contribution in [3.8, 4) is 11.6 Å². The first-order chi connectivity index (χ1) is 13.2. The Morgan fingerprint density at radius 3 is 2.85 bits per heavy atom. The third-order valence-electron chi connectivity index (χ3n) is 4.07. The van der Waals surface area contributed by atoms with E-state index in [9.17, 15) is 4.79 Å². The fourth-order valence-electron chi connectivity index (χ4n) is 2.66. The van der Waals surface area contributed by atoms with Crippen LogP contribution < -0.4 is 0 Å². The molecule has 0 spiro atoms. The van der Waals surface area contributed by atoms with Crippen LogP contribution >= 0.6 is 23.1 Å². The number of fused-ring (bicyclic) bond motifs is 1. The van der Waals surface area contributed by atoms with Crippen LogP contribution in [0.2, 0.25) is 0 Å². The van der Waals surface area contributed by atoms with Crippen molar-refractivity contribution < 1.29 is 9.21 Å².